The highest BCUT2D eigenvalue weighted by Gasteiger charge is 2.30. The first kappa shape index (κ1) is 15.4. The summed E-state index contributed by atoms with van der Waals surface area (Å²) in [5.74, 6) is 0.285. The predicted molar refractivity (Wildman–Crippen MR) is 69.8 cm³/mol. The average molecular weight is 258 g/mol. The summed E-state index contributed by atoms with van der Waals surface area (Å²) in [5, 5.41) is 17.9. The highest BCUT2D eigenvalue weighted by Crippen LogP contribution is 2.30. The highest BCUT2D eigenvalue weighted by molar-refractivity contribution is 5.78. The fraction of sp³-hybridized carbons (Fsp3) is 0.923. The van der Waals surface area contributed by atoms with Crippen molar-refractivity contribution in [1.82, 2.24) is 4.90 Å². The molecule has 106 valence electrons. The molecule has 0 radical (unpaired) electrons. The van der Waals surface area contributed by atoms with Crippen LogP contribution >= 0.6 is 0 Å². The lowest BCUT2D eigenvalue weighted by molar-refractivity contribution is -0.138. The van der Waals surface area contributed by atoms with Gasteiger partial charge >= 0.3 is 0 Å². The molecule has 0 aromatic carbocycles. The number of carbonyl (C=O) groups excluding carboxylic acids is 1. The van der Waals surface area contributed by atoms with E-state index in [1.54, 1.807) is 4.90 Å². The SMILES string of the molecule is CC(C(=O)N(CCO)CCO)C1CCCC(N)C1. The summed E-state index contributed by atoms with van der Waals surface area (Å²) in [6.07, 6.45) is 4.09. The standard InChI is InChI=1S/C13H26N2O3/c1-10(11-3-2-4-12(14)9-11)13(18)15(5-7-16)6-8-17/h10-12,16-17H,2-9,14H2,1H3. The van der Waals surface area contributed by atoms with Crippen LogP contribution in [0.25, 0.3) is 0 Å². The molecular formula is C13H26N2O3. The lowest BCUT2D eigenvalue weighted by Gasteiger charge is -2.33. The number of nitrogens with zero attached hydrogens (tertiary/aromatic N) is 1. The Morgan fingerprint density at radius 3 is 2.44 bits per heavy atom. The normalized spacial score (nSPS) is 25.8. The zero-order valence-corrected chi connectivity index (χ0v) is 11.2. The first-order valence-electron chi connectivity index (χ1n) is 6.86. The predicted octanol–water partition coefficient (Wildman–Crippen LogP) is -0.0468. The van der Waals surface area contributed by atoms with E-state index in [0.29, 0.717) is 19.0 Å². The van der Waals surface area contributed by atoms with Gasteiger partial charge in [-0.2, -0.15) is 0 Å². The summed E-state index contributed by atoms with van der Waals surface area (Å²) in [5.41, 5.74) is 5.95. The molecule has 0 spiro atoms. The smallest absolute Gasteiger partial charge is 0.225 e. The zero-order valence-electron chi connectivity index (χ0n) is 11.2. The fourth-order valence-corrected chi connectivity index (χ4v) is 2.78. The summed E-state index contributed by atoms with van der Waals surface area (Å²) in [4.78, 5) is 13.8. The van der Waals surface area contributed by atoms with Gasteiger partial charge < -0.3 is 20.8 Å². The van der Waals surface area contributed by atoms with Crippen molar-refractivity contribution in [2.24, 2.45) is 17.6 Å². The van der Waals surface area contributed by atoms with Gasteiger partial charge in [0.05, 0.1) is 13.2 Å². The minimum Gasteiger partial charge on any atom is -0.395 e. The number of aliphatic hydroxyl groups excluding tert-OH is 2. The topological polar surface area (TPSA) is 86.8 Å². The number of aliphatic hydroxyl groups is 2. The van der Waals surface area contributed by atoms with Gasteiger partial charge in [-0.15, -0.1) is 0 Å². The van der Waals surface area contributed by atoms with Gasteiger partial charge in [-0.05, 0) is 25.2 Å². The Balaban J connectivity index is 2.56. The van der Waals surface area contributed by atoms with Crippen LogP contribution < -0.4 is 5.73 Å². The second-order valence-electron chi connectivity index (χ2n) is 5.25. The number of nitrogens with two attached hydrogens (primary N) is 1. The fourth-order valence-electron chi connectivity index (χ4n) is 2.78. The summed E-state index contributed by atoms with van der Waals surface area (Å²) in [6.45, 7) is 2.39. The third-order valence-corrected chi connectivity index (χ3v) is 3.90. The van der Waals surface area contributed by atoms with Gasteiger partial charge in [-0.3, -0.25) is 4.79 Å². The van der Waals surface area contributed by atoms with Gasteiger partial charge in [0.1, 0.15) is 0 Å². The molecule has 3 unspecified atom stereocenters. The lowest BCUT2D eigenvalue weighted by Crippen LogP contribution is -2.43. The van der Waals surface area contributed by atoms with E-state index < -0.39 is 0 Å². The molecule has 1 saturated carbocycles. The minimum absolute atomic E-state index is 0.0252. The Kier molecular flexibility index (Phi) is 6.60. The van der Waals surface area contributed by atoms with Crippen molar-refractivity contribution in [2.45, 2.75) is 38.6 Å². The maximum Gasteiger partial charge on any atom is 0.225 e. The summed E-state index contributed by atoms with van der Waals surface area (Å²) >= 11 is 0. The van der Waals surface area contributed by atoms with Crippen LogP contribution in [0.4, 0.5) is 0 Å². The second-order valence-corrected chi connectivity index (χ2v) is 5.25. The van der Waals surface area contributed by atoms with Crippen molar-refractivity contribution in [2.75, 3.05) is 26.3 Å². The zero-order chi connectivity index (χ0) is 13.5. The van der Waals surface area contributed by atoms with Crippen molar-refractivity contribution in [3.8, 4) is 0 Å². The number of rotatable bonds is 6. The Hall–Kier alpha value is -0.650. The van der Waals surface area contributed by atoms with Gasteiger partial charge in [0.15, 0.2) is 0 Å². The Labute approximate surface area is 109 Å². The van der Waals surface area contributed by atoms with Crippen molar-refractivity contribution < 1.29 is 15.0 Å². The minimum atomic E-state index is -0.0746. The van der Waals surface area contributed by atoms with E-state index in [9.17, 15) is 4.79 Å². The molecule has 5 nitrogen and oxygen atoms in total. The van der Waals surface area contributed by atoms with Crippen molar-refractivity contribution in [3.63, 3.8) is 0 Å². The molecule has 5 heteroatoms. The van der Waals surface area contributed by atoms with E-state index in [-0.39, 0.29) is 31.1 Å². The number of amides is 1. The summed E-state index contributed by atoms with van der Waals surface area (Å²) in [6, 6.07) is 0.211. The van der Waals surface area contributed by atoms with Crippen LogP contribution in [0.3, 0.4) is 0 Å². The monoisotopic (exact) mass is 258 g/mol. The highest BCUT2D eigenvalue weighted by atomic mass is 16.3. The van der Waals surface area contributed by atoms with Crippen LogP contribution in [-0.4, -0.2) is 53.4 Å². The van der Waals surface area contributed by atoms with E-state index in [0.717, 1.165) is 25.7 Å². The molecule has 0 bridgehead atoms. The molecule has 1 fully saturated rings. The van der Waals surface area contributed by atoms with Crippen LogP contribution in [0.5, 0.6) is 0 Å². The first-order valence-corrected chi connectivity index (χ1v) is 6.86. The van der Waals surface area contributed by atoms with Gasteiger partial charge in [0, 0.05) is 25.0 Å². The molecule has 0 heterocycles. The van der Waals surface area contributed by atoms with E-state index in [1.807, 2.05) is 6.92 Å². The molecule has 0 aliphatic heterocycles. The Bertz CT molecular complexity index is 255. The average Bonchev–Trinajstić information content (AvgIpc) is 2.37. The van der Waals surface area contributed by atoms with Crippen molar-refractivity contribution in [3.05, 3.63) is 0 Å². The molecule has 18 heavy (non-hydrogen) atoms. The molecule has 4 N–H and O–H groups in total. The van der Waals surface area contributed by atoms with Crippen LogP contribution in [0.15, 0.2) is 0 Å². The maximum atomic E-state index is 12.3. The van der Waals surface area contributed by atoms with Crippen molar-refractivity contribution in [1.29, 1.82) is 0 Å². The maximum absolute atomic E-state index is 12.3. The van der Waals surface area contributed by atoms with Crippen LogP contribution in [0.2, 0.25) is 0 Å². The molecule has 1 amide bonds. The van der Waals surface area contributed by atoms with Gasteiger partial charge in [0.2, 0.25) is 5.91 Å². The second kappa shape index (κ2) is 7.71. The van der Waals surface area contributed by atoms with Gasteiger partial charge in [0.25, 0.3) is 0 Å². The molecule has 0 aromatic heterocycles. The quantitative estimate of drug-likeness (QED) is 0.623. The Morgan fingerprint density at radius 2 is 1.94 bits per heavy atom. The Morgan fingerprint density at radius 1 is 1.33 bits per heavy atom. The largest absolute Gasteiger partial charge is 0.395 e. The number of carbonyl (C=O) groups is 1. The van der Waals surface area contributed by atoms with E-state index in [1.165, 1.54) is 0 Å². The van der Waals surface area contributed by atoms with E-state index in [2.05, 4.69) is 0 Å². The van der Waals surface area contributed by atoms with Crippen LogP contribution in [-0.2, 0) is 4.79 Å². The van der Waals surface area contributed by atoms with Gasteiger partial charge in [-0.1, -0.05) is 13.3 Å². The first-order chi connectivity index (χ1) is 8.60. The molecule has 1 rings (SSSR count). The number of hydrogen-bond donors (Lipinski definition) is 3. The summed E-state index contributed by atoms with van der Waals surface area (Å²) in [7, 11) is 0. The molecule has 0 saturated heterocycles. The third-order valence-electron chi connectivity index (χ3n) is 3.90. The molecular weight excluding hydrogens is 232 g/mol. The summed E-state index contributed by atoms with van der Waals surface area (Å²) < 4.78 is 0. The molecule has 0 aromatic rings. The van der Waals surface area contributed by atoms with E-state index >= 15 is 0 Å². The van der Waals surface area contributed by atoms with Crippen LogP contribution in [0, 0.1) is 11.8 Å². The number of hydrogen-bond acceptors (Lipinski definition) is 4. The van der Waals surface area contributed by atoms with Crippen molar-refractivity contribution >= 4 is 5.91 Å². The van der Waals surface area contributed by atoms with Crippen LogP contribution in [0.1, 0.15) is 32.6 Å². The van der Waals surface area contributed by atoms with E-state index in [4.69, 9.17) is 15.9 Å². The lowest BCUT2D eigenvalue weighted by atomic mass is 9.78. The molecule has 3 atom stereocenters. The molecule has 1 aliphatic rings. The third kappa shape index (κ3) is 4.23. The molecule has 1 aliphatic carbocycles. The van der Waals surface area contributed by atoms with Gasteiger partial charge in [-0.25, -0.2) is 0 Å².